The number of fused-ring (bicyclic) bond motifs is 3. The highest BCUT2D eigenvalue weighted by Gasteiger charge is 2.48. The average molecular weight is 365 g/mol. The van der Waals surface area contributed by atoms with E-state index in [2.05, 4.69) is 4.18 Å². The molecule has 9 heteroatoms. The molecule has 0 saturated heterocycles. The van der Waals surface area contributed by atoms with Crippen molar-refractivity contribution in [3.63, 3.8) is 0 Å². The zero-order chi connectivity index (χ0) is 16.8. The van der Waals surface area contributed by atoms with Crippen LogP contribution in [0.3, 0.4) is 0 Å². The predicted molar refractivity (Wildman–Crippen MR) is 76.7 cm³/mol. The summed E-state index contributed by atoms with van der Waals surface area (Å²) in [6.45, 7) is 0. The lowest BCUT2D eigenvalue weighted by atomic mass is 9.97. The van der Waals surface area contributed by atoms with Gasteiger partial charge in [-0.3, -0.25) is 0 Å². The van der Waals surface area contributed by atoms with Gasteiger partial charge in [-0.25, -0.2) is 0 Å². The van der Waals surface area contributed by atoms with Gasteiger partial charge in [0.25, 0.3) is 0 Å². The molecule has 0 N–H and O–H groups in total. The number of hydrogen-bond acceptors (Lipinski definition) is 4. The molecule has 4 nitrogen and oxygen atoms in total. The van der Waals surface area contributed by atoms with Crippen LogP contribution in [0.5, 0.6) is 11.5 Å². The first-order valence-electron chi connectivity index (χ1n) is 6.24. The van der Waals surface area contributed by atoms with Crippen LogP contribution in [0, 0.1) is 0 Å². The molecule has 2 aromatic rings. The quantitative estimate of drug-likeness (QED) is 0.455. The fourth-order valence-corrected chi connectivity index (χ4v) is 2.90. The third-order valence-corrected chi connectivity index (χ3v) is 4.47. The van der Waals surface area contributed by atoms with Gasteiger partial charge in [0, 0.05) is 17.2 Å². The van der Waals surface area contributed by atoms with Crippen LogP contribution in [-0.4, -0.2) is 13.9 Å². The van der Waals surface area contributed by atoms with Crippen molar-refractivity contribution in [1.29, 1.82) is 0 Å². The third kappa shape index (κ3) is 2.84. The molecule has 1 unspecified atom stereocenters. The fraction of sp³-hybridized carbons (Fsp3) is 0.143. The normalized spacial score (nSPS) is 17.0. The number of ether oxygens (including phenoxy) is 1. The smallest absolute Gasteiger partial charge is 0.469 e. The summed E-state index contributed by atoms with van der Waals surface area (Å²) in [5.41, 5.74) is -4.31. The van der Waals surface area contributed by atoms with Crippen molar-refractivity contribution in [2.45, 2.75) is 11.1 Å². The van der Waals surface area contributed by atoms with Gasteiger partial charge in [0.05, 0.1) is 0 Å². The van der Waals surface area contributed by atoms with Crippen LogP contribution >= 0.6 is 11.6 Å². The monoisotopic (exact) mass is 364 g/mol. The van der Waals surface area contributed by atoms with Crippen LogP contribution in [0.1, 0.15) is 11.1 Å². The number of hydrogen-bond donors (Lipinski definition) is 0. The molecule has 0 aromatic heterocycles. The van der Waals surface area contributed by atoms with Crippen LogP contribution in [-0.2, 0) is 10.1 Å². The predicted octanol–water partition coefficient (Wildman–Crippen LogP) is 4.21. The first kappa shape index (κ1) is 15.9. The van der Waals surface area contributed by atoms with Gasteiger partial charge in [-0.2, -0.15) is 21.6 Å². The van der Waals surface area contributed by atoms with E-state index in [4.69, 9.17) is 16.3 Å². The van der Waals surface area contributed by atoms with E-state index >= 15 is 0 Å². The van der Waals surface area contributed by atoms with Gasteiger partial charge >= 0.3 is 15.6 Å². The summed E-state index contributed by atoms with van der Waals surface area (Å²) in [4.78, 5) is 0. The Bertz CT molecular complexity index is 865. The van der Waals surface area contributed by atoms with Gasteiger partial charge in [-0.05, 0) is 17.7 Å². The molecule has 1 atom stereocenters. The molecular weight excluding hydrogens is 357 g/mol. The van der Waals surface area contributed by atoms with E-state index in [0.29, 0.717) is 11.1 Å². The van der Waals surface area contributed by atoms with Gasteiger partial charge in [-0.15, -0.1) is 0 Å². The van der Waals surface area contributed by atoms with Crippen molar-refractivity contribution in [1.82, 2.24) is 0 Å². The molecule has 122 valence electrons. The van der Waals surface area contributed by atoms with E-state index in [9.17, 15) is 21.6 Å². The molecule has 23 heavy (non-hydrogen) atoms. The second kappa shape index (κ2) is 5.31. The molecule has 0 radical (unpaired) electrons. The number of alkyl halides is 4. The maximum absolute atomic E-state index is 12.4. The van der Waals surface area contributed by atoms with E-state index in [1.54, 1.807) is 24.3 Å². The highest BCUT2D eigenvalue weighted by molar-refractivity contribution is 7.88. The molecule has 0 aliphatic carbocycles. The Morgan fingerprint density at radius 2 is 1.78 bits per heavy atom. The highest BCUT2D eigenvalue weighted by Crippen LogP contribution is 2.45. The van der Waals surface area contributed by atoms with Crippen molar-refractivity contribution in [2.75, 3.05) is 0 Å². The van der Waals surface area contributed by atoms with Crippen LogP contribution < -0.4 is 8.92 Å². The van der Waals surface area contributed by atoms with Gasteiger partial charge in [0.15, 0.2) is 5.56 Å². The molecule has 3 rings (SSSR count). The number of rotatable bonds is 2. The summed E-state index contributed by atoms with van der Waals surface area (Å²) in [6, 6.07) is 10.7. The standard InChI is InChI=1S/C14H8ClF3O4S/c15-13-11-4-2-1-3-9(11)10-6-5-8(7-12(10)21-13)22-23(19,20)14(16,17)18/h1-7,13H. The summed E-state index contributed by atoms with van der Waals surface area (Å²) in [5.74, 6) is -0.372. The topological polar surface area (TPSA) is 52.6 Å². The lowest BCUT2D eigenvalue weighted by molar-refractivity contribution is -0.0500. The molecule has 0 spiro atoms. The molecular formula is C14H8ClF3O4S. The molecule has 1 aliphatic rings. The summed E-state index contributed by atoms with van der Waals surface area (Å²) in [6.07, 6.45) is 0. The lowest BCUT2D eigenvalue weighted by Gasteiger charge is -2.25. The molecule has 0 saturated carbocycles. The first-order chi connectivity index (χ1) is 10.7. The second-order valence-corrected chi connectivity index (χ2v) is 6.60. The van der Waals surface area contributed by atoms with E-state index in [1.165, 1.54) is 6.07 Å². The van der Waals surface area contributed by atoms with Crippen molar-refractivity contribution in [2.24, 2.45) is 0 Å². The Morgan fingerprint density at radius 1 is 1.09 bits per heavy atom. The maximum atomic E-state index is 12.4. The molecule has 0 amide bonds. The zero-order valence-electron chi connectivity index (χ0n) is 11.2. The lowest BCUT2D eigenvalue weighted by Crippen LogP contribution is -2.28. The van der Waals surface area contributed by atoms with Crippen molar-refractivity contribution in [3.8, 4) is 22.6 Å². The molecule has 0 bridgehead atoms. The average Bonchev–Trinajstić information content (AvgIpc) is 2.46. The van der Waals surface area contributed by atoms with Gasteiger partial charge in [0.2, 0.25) is 0 Å². The highest BCUT2D eigenvalue weighted by atomic mass is 35.5. The molecule has 0 fully saturated rings. The first-order valence-corrected chi connectivity index (χ1v) is 8.08. The molecule has 1 aliphatic heterocycles. The SMILES string of the molecule is O=S(=O)(Oc1ccc2c(c1)OC(Cl)c1ccccc1-2)C(F)(F)F. The van der Waals surface area contributed by atoms with Gasteiger partial charge < -0.3 is 8.92 Å². The summed E-state index contributed by atoms with van der Waals surface area (Å²) < 4.78 is 68.6. The van der Waals surface area contributed by atoms with E-state index in [0.717, 1.165) is 17.7 Å². The fourth-order valence-electron chi connectivity index (χ4n) is 2.16. The largest absolute Gasteiger partial charge is 0.534 e. The summed E-state index contributed by atoms with van der Waals surface area (Å²) in [5, 5.41) is 0. The van der Waals surface area contributed by atoms with Crippen LogP contribution in [0.4, 0.5) is 13.2 Å². The second-order valence-electron chi connectivity index (χ2n) is 4.66. The summed E-state index contributed by atoms with van der Waals surface area (Å²) in [7, 11) is -5.74. The van der Waals surface area contributed by atoms with Crippen LogP contribution in [0.25, 0.3) is 11.1 Å². The Labute approximate surface area is 134 Å². The van der Waals surface area contributed by atoms with Crippen molar-refractivity contribution in [3.05, 3.63) is 48.0 Å². The Morgan fingerprint density at radius 3 is 2.48 bits per heavy atom. The van der Waals surface area contributed by atoms with Crippen molar-refractivity contribution < 1.29 is 30.5 Å². The van der Waals surface area contributed by atoms with E-state index in [1.807, 2.05) is 0 Å². The minimum atomic E-state index is -5.74. The van der Waals surface area contributed by atoms with Crippen molar-refractivity contribution >= 4 is 21.7 Å². The number of benzene rings is 2. The minimum absolute atomic E-state index is 0.138. The Kier molecular flexibility index (Phi) is 3.68. The minimum Gasteiger partial charge on any atom is -0.469 e. The molecule has 1 heterocycles. The molecule has 2 aromatic carbocycles. The van der Waals surface area contributed by atoms with Crippen LogP contribution in [0.15, 0.2) is 42.5 Å². The Hall–Kier alpha value is -1.93. The Balaban J connectivity index is 2.01. The van der Waals surface area contributed by atoms with E-state index < -0.39 is 26.9 Å². The zero-order valence-corrected chi connectivity index (χ0v) is 12.7. The van der Waals surface area contributed by atoms with Gasteiger partial charge in [0.1, 0.15) is 11.5 Å². The van der Waals surface area contributed by atoms with Crippen LogP contribution in [0.2, 0.25) is 0 Å². The van der Waals surface area contributed by atoms with Gasteiger partial charge in [-0.1, -0.05) is 35.9 Å². The summed E-state index contributed by atoms with van der Waals surface area (Å²) >= 11 is 6.07. The third-order valence-electron chi connectivity index (χ3n) is 3.17. The number of halogens is 4. The maximum Gasteiger partial charge on any atom is 0.534 e. The van der Waals surface area contributed by atoms with E-state index in [-0.39, 0.29) is 5.75 Å².